The number of aliphatic carboxylic acids is 1. The van der Waals surface area contributed by atoms with Crippen LogP contribution in [0.2, 0.25) is 0 Å². The molecule has 9 nitrogen and oxygen atoms in total. The second kappa shape index (κ2) is 13.2. The van der Waals surface area contributed by atoms with Crippen molar-refractivity contribution in [1.29, 1.82) is 0 Å². The van der Waals surface area contributed by atoms with Gasteiger partial charge in [-0.15, -0.1) is 0 Å². The van der Waals surface area contributed by atoms with Crippen LogP contribution >= 0.6 is 0 Å². The molecule has 5 atom stereocenters. The molecule has 0 bridgehead atoms. The highest BCUT2D eigenvalue weighted by Gasteiger charge is 2.44. The van der Waals surface area contributed by atoms with Crippen LogP contribution in [0.1, 0.15) is 74.0 Å². The number of carbonyl (C=O) groups is 2. The first kappa shape index (κ1) is 30.0. The summed E-state index contributed by atoms with van der Waals surface area (Å²) in [6.45, 7) is 3.55. The number of benzene rings is 2. The Kier molecular flexibility index (Phi) is 9.46. The topological polar surface area (TPSA) is 110 Å². The van der Waals surface area contributed by atoms with Gasteiger partial charge in [-0.05, 0) is 90.3 Å². The molecule has 0 saturated carbocycles. The summed E-state index contributed by atoms with van der Waals surface area (Å²) in [4.78, 5) is 25.5. The van der Waals surface area contributed by atoms with Crippen molar-refractivity contribution < 1.29 is 43.1 Å². The molecule has 42 heavy (non-hydrogen) atoms. The average Bonchev–Trinajstić information content (AvgIpc) is 3.65. The summed E-state index contributed by atoms with van der Waals surface area (Å²) in [6.07, 6.45) is 4.24. The lowest BCUT2D eigenvalue weighted by molar-refractivity contribution is -0.138. The predicted molar refractivity (Wildman–Crippen MR) is 155 cm³/mol. The highest BCUT2D eigenvalue weighted by atomic mass is 16.7. The smallest absolute Gasteiger partial charge is 0.303 e. The zero-order chi connectivity index (χ0) is 29.8. The summed E-state index contributed by atoms with van der Waals surface area (Å²) in [5.41, 5.74) is 3.21. The molecule has 0 spiro atoms. The van der Waals surface area contributed by atoms with Crippen molar-refractivity contribution in [3.8, 4) is 28.7 Å². The molecule has 228 valence electrons. The van der Waals surface area contributed by atoms with Crippen LogP contribution in [-0.2, 0) is 20.7 Å². The molecule has 2 aromatic carbocycles. The van der Waals surface area contributed by atoms with Gasteiger partial charge in [0.15, 0.2) is 23.0 Å². The first-order valence-electron chi connectivity index (χ1n) is 14.9. The van der Waals surface area contributed by atoms with Gasteiger partial charge < -0.3 is 33.5 Å². The molecule has 0 radical (unpaired) electrons. The van der Waals surface area contributed by atoms with Gasteiger partial charge in [-0.25, -0.2) is 0 Å². The van der Waals surface area contributed by atoms with Gasteiger partial charge in [0.2, 0.25) is 12.5 Å². The third-order valence-corrected chi connectivity index (χ3v) is 9.26. The number of Topliss-reactive ketones (excluding diaryl/α,β-unsaturated/α-hetero) is 1. The van der Waals surface area contributed by atoms with Crippen LogP contribution in [0.25, 0.3) is 0 Å². The minimum Gasteiger partial charge on any atom is -0.493 e. The normalized spacial score (nSPS) is 21.7. The van der Waals surface area contributed by atoms with Gasteiger partial charge in [-0.3, -0.25) is 9.59 Å². The van der Waals surface area contributed by atoms with E-state index in [-0.39, 0.29) is 42.7 Å². The molecular formula is C33H42O9. The molecule has 1 fully saturated rings. The lowest BCUT2D eigenvalue weighted by Crippen LogP contribution is -2.34. The summed E-state index contributed by atoms with van der Waals surface area (Å²) in [6, 6.07) is 7.84. The van der Waals surface area contributed by atoms with E-state index in [1.807, 2.05) is 19.1 Å². The molecule has 3 aliphatic rings. The van der Waals surface area contributed by atoms with Crippen LogP contribution in [0.5, 0.6) is 28.7 Å². The highest BCUT2D eigenvalue weighted by molar-refractivity contribution is 5.86. The maximum absolute atomic E-state index is 13.4. The van der Waals surface area contributed by atoms with Crippen molar-refractivity contribution in [3.05, 3.63) is 41.0 Å². The van der Waals surface area contributed by atoms with Gasteiger partial charge in [0.25, 0.3) is 0 Å². The number of carboxylic acid groups (broad SMARTS) is 1. The molecule has 2 heterocycles. The number of unbranched alkanes of at least 4 members (excludes halogenated alkanes) is 1. The molecule has 1 saturated heterocycles. The van der Waals surface area contributed by atoms with Crippen LogP contribution in [0.4, 0.5) is 0 Å². The SMILES string of the molecule is CC[C@@H](C(=O)CCCCC(CC(=O)O)[C@H]1c2cc3c(cc2C[C@@H]2COC[C@@H]21)OCO3)c1cc(OC)c(OC)c(OC)c1. The van der Waals surface area contributed by atoms with E-state index in [1.165, 1.54) is 11.1 Å². The molecule has 5 rings (SSSR count). The van der Waals surface area contributed by atoms with Crippen LogP contribution in [-0.4, -0.2) is 58.2 Å². The summed E-state index contributed by atoms with van der Waals surface area (Å²) >= 11 is 0. The summed E-state index contributed by atoms with van der Waals surface area (Å²) in [5.74, 6) is 2.74. The Morgan fingerprint density at radius 3 is 2.33 bits per heavy atom. The fourth-order valence-corrected chi connectivity index (χ4v) is 7.29. The van der Waals surface area contributed by atoms with Crippen molar-refractivity contribution in [1.82, 2.24) is 0 Å². The molecule has 9 heteroatoms. The summed E-state index contributed by atoms with van der Waals surface area (Å²) in [7, 11) is 4.69. The first-order chi connectivity index (χ1) is 20.4. The minimum atomic E-state index is -0.798. The van der Waals surface area contributed by atoms with Crippen LogP contribution in [0, 0.1) is 17.8 Å². The van der Waals surface area contributed by atoms with E-state index in [4.69, 9.17) is 28.4 Å². The van der Waals surface area contributed by atoms with Crippen molar-refractivity contribution >= 4 is 11.8 Å². The van der Waals surface area contributed by atoms with Crippen LogP contribution in [0.3, 0.4) is 0 Å². The maximum atomic E-state index is 13.4. The highest BCUT2D eigenvalue weighted by Crippen LogP contribution is 2.51. The number of hydrogen-bond donors (Lipinski definition) is 1. The van der Waals surface area contributed by atoms with Gasteiger partial charge >= 0.3 is 5.97 Å². The number of fused-ring (bicyclic) bond motifs is 3. The van der Waals surface area contributed by atoms with E-state index < -0.39 is 5.97 Å². The Morgan fingerprint density at radius 1 is 0.976 bits per heavy atom. The number of rotatable bonds is 14. The Bertz CT molecular complexity index is 1260. The molecule has 0 amide bonds. The number of ether oxygens (including phenoxy) is 6. The van der Waals surface area contributed by atoms with E-state index in [1.54, 1.807) is 21.3 Å². The van der Waals surface area contributed by atoms with Crippen molar-refractivity contribution in [2.45, 2.75) is 63.7 Å². The number of carbonyl (C=O) groups excluding carboxylic acids is 1. The molecule has 2 aromatic rings. The first-order valence-corrected chi connectivity index (χ1v) is 14.9. The number of carboxylic acids is 1. The standard InChI is InChI=1S/C33H42O9/c1-5-23(21-12-29(37-2)33(39-4)30(13-21)38-3)26(34)9-7-6-8-19(14-31(35)36)32-24-15-28-27(41-18-42-28)11-20(24)10-22-16-40-17-25(22)32/h11-13,15,19,22-23,25,32H,5-10,14,16-18H2,1-4H3,(H,35,36)/t19?,22-,23-,25+,32+/m1/s1. The van der Waals surface area contributed by atoms with E-state index in [0.29, 0.717) is 55.6 Å². The molecule has 1 aliphatic carbocycles. The predicted octanol–water partition coefficient (Wildman–Crippen LogP) is 5.76. The molecule has 0 aromatic heterocycles. The van der Waals surface area contributed by atoms with E-state index in [2.05, 4.69) is 12.1 Å². The number of hydrogen-bond acceptors (Lipinski definition) is 8. The van der Waals surface area contributed by atoms with Gasteiger partial charge in [0.1, 0.15) is 5.78 Å². The summed E-state index contributed by atoms with van der Waals surface area (Å²) < 4.78 is 33.7. The largest absolute Gasteiger partial charge is 0.493 e. The lowest BCUT2D eigenvalue weighted by atomic mass is 9.64. The van der Waals surface area contributed by atoms with Crippen molar-refractivity contribution in [3.63, 3.8) is 0 Å². The van der Waals surface area contributed by atoms with Crippen molar-refractivity contribution in [2.75, 3.05) is 41.3 Å². The molecule has 1 unspecified atom stereocenters. The van der Waals surface area contributed by atoms with Gasteiger partial charge in [0, 0.05) is 18.8 Å². The second-order valence-electron chi connectivity index (χ2n) is 11.6. The quantitative estimate of drug-likeness (QED) is 0.278. The zero-order valence-electron chi connectivity index (χ0n) is 25.0. The van der Waals surface area contributed by atoms with E-state index in [9.17, 15) is 14.7 Å². The van der Waals surface area contributed by atoms with E-state index >= 15 is 0 Å². The van der Waals surface area contributed by atoms with Gasteiger partial charge in [0.05, 0.1) is 34.5 Å². The fourth-order valence-electron chi connectivity index (χ4n) is 7.29. The fraction of sp³-hybridized carbons (Fsp3) is 0.576. The number of ketones is 1. The van der Waals surface area contributed by atoms with Gasteiger partial charge in [-0.2, -0.15) is 0 Å². The van der Waals surface area contributed by atoms with Crippen molar-refractivity contribution in [2.24, 2.45) is 17.8 Å². The lowest BCUT2D eigenvalue weighted by Gasteiger charge is -2.39. The third-order valence-electron chi connectivity index (χ3n) is 9.26. The molecule has 1 N–H and O–H groups in total. The van der Waals surface area contributed by atoms with Gasteiger partial charge in [-0.1, -0.05) is 13.3 Å². The van der Waals surface area contributed by atoms with E-state index in [0.717, 1.165) is 36.3 Å². The average molecular weight is 583 g/mol. The Morgan fingerprint density at radius 2 is 1.69 bits per heavy atom. The Hall–Kier alpha value is -3.46. The molecule has 2 aliphatic heterocycles. The van der Waals surface area contributed by atoms with Crippen LogP contribution in [0.15, 0.2) is 24.3 Å². The number of methoxy groups -OCH3 is 3. The molecular weight excluding hydrogens is 540 g/mol. The minimum absolute atomic E-state index is 0.0603. The Balaban J connectivity index is 1.29. The second-order valence-corrected chi connectivity index (χ2v) is 11.6. The summed E-state index contributed by atoms with van der Waals surface area (Å²) in [5, 5.41) is 9.90. The Labute approximate surface area is 247 Å². The van der Waals surface area contributed by atoms with Crippen LogP contribution < -0.4 is 23.7 Å². The maximum Gasteiger partial charge on any atom is 0.303 e. The zero-order valence-corrected chi connectivity index (χ0v) is 25.0. The monoisotopic (exact) mass is 582 g/mol. The third kappa shape index (κ3) is 6.02.